The molecule has 1 aromatic carbocycles. The minimum absolute atomic E-state index is 0.717. The van der Waals surface area contributed by atoms with Crippen LogP contribution < -0.4 is 5.32 Å². The second kappa shape index (κ2) is 12.8. The van der Waals surface area contributed by atoms with Gasteiger partial charge in [0, 0.05) is 23.1 Å². The van der Waals surface area contributed by atoms with Crippen LogP contribution in [0.3, 0.4) is 0 Å². The van der Waals surface area contributed by atoms with Gasteiger partial charge < -0.3 is 10.3 Å². The van der Waals surface area contributed by atoms with Crippen LogP contribution in [0.5, 0.6) is 0 Å². The molecule has 3 atom stereocenters. The Morgan fingerprint density at radius 3 is 2.31 bits per heavy atom. The topological polar surface area (TPSA) is 27.8 Å². The van der Waals surface area contributed by atoms with Crippen molar-refractivity contribution >= 4 is 10.9 Å². The largest absolute Gasteiger partial charge is 0.361 e. The van der Waals surface area contributed by atoms with Crippen molar-refractivity contribution in [2.75, 3.05) is 6.54 Å². The highest BCUT2D eigenvalue weighted by molar-refractivity contribution is 5.83. The minimum Gasteiger partial charge on any atom is -0.361 e. The maximum absolute atomic E-state index is 3.96. The van der Waals surface area contributed by atoms with Crippen LogP contribution in [0.4, 0.5) is 0 Å². The first-order valence-electron chi connectivity index (χ1n) is 14.1. The predicted octanol–water partition coefficient (Wildman–Crippen LogP) is 8.42. The van der Waals surface area contributed by atoms with E-state index in [1.165, 1.54) is 113 Å². The van der Waals surface area contributed by atoms with E-state index >= 15 is 0 Å². The third kappa shape index (κ3) is 6.86. The normalized spacial score (nSPS) is 27.5. The Balaban J connectivity index is 1.28. The van der Waals surface area contributed by atoms with Crippen LogP contribution in [0.15, 0.2) is 30.5 Å². The maximum Gasteiger partial charge on any atom is 0.0456 e. The Bertz CT molecular complexity index is 768. The molecule has 0 amide bonds. The Labute approximate surface area is 197 Å². The molecule has 2 saturated carbocycles. The van der Waals surface area contributed by atoms with E-state index < -0.39 is 0 Å². The van der Waals surface area contributed by atoms with Crippen LogP contribution in [0, 0.1) is 17.8 Å². The van der Waals surface area contributed by atoms with Gasteiger partial charge in [-0.3, -0.25) is 0 Å². The van der Waals surface area contributed by atoms with Crippen LogP contribution in [0.2, 0.25) is 0 Å². The highest BCUT2D eigenvalue weighted by Gasteiger charge is 2.27. The number of benzene rings is 1. The van der Waals surface area contributed by atoms with Gasteiger partial charge >= 0.3 is 0 Å². The molecule has 0 saturated heterocycles. The standard InChI is InChI=1S/C30H48N2/c1-24-13-8-9-16-27(31-22-21-26-23-32-30-20-11-10-18-29(26)30)17-12-19-28(24)25-14-6-4-2-3-5-7-15-25/h10-11,18,20,23-25,27-28,31-32H,2-9,12-17,19,21-22H2,1H3. The van der Waals surface area contributed by atoms with Crippen molar-refractivity contribution in [3.05, 3.63) is 36.0 Å². The van der Waals surface area contributed by atoms with E-state index in [1.807, 2.05) is 0 Å². The number of aromatic nitrogens is 1. The fourth-order valence-electron chi connectivity index (χ4n) is 6.85. The summed E-state index contributed by atoms with van der Waals surface area (Å²) in [6.45, 7) is 3.70. The average Bonchev–Trinajstić information content (AvgIpc) is 3.27. The van der Waals surface area contributed by atoms with Crippen LogP contribution in [0.1, 0.15) is 109 Å². The van der Waals surface area contributed by atoms with E-state index in [2.05, 4.69) is 47.7 Å². The molecular formula is C30H48N2. The Morgan fingerprint density at radius 1 is 0.781 bits per heavy atom. The van der Waals surface area contributed by atoms with Gasteiger partial charge in [0.2, 0.25) is 0 Å². The fraction of sp³-hybridized carbons (Fsp3) is 0.733. The summed E-state index contributed by atoms with van der Waals surface area (Å²) < 4.78 is 0. The average molecular weight is 437 g/mol. The van der Waals surface area contributed by atoms with Crippen molar-refractivity contribution in [3.8, 4) is 0 Å². The molecule has 1 aromatic heterocycles. The summed E-state index contributed by atoms with van der Waals surface area (Å²) in [6, 6.07) is 9.43. The first-order chi connectivity index (χ1) is 15.8. The first kappa shape index (κ1) is 23.9. The molecule has 0 radical (unpaired) electrons. The lowest BCUT2D eigenvalue weighted by Crippen LogP contribution is -2.32. The molecule has 2 heteroatoms. The predicted molar refractivity (Wildman–Crippen MR) is 139 cm³/mol. The highest BCUT2D eigenvalue weighted by atomic mass is 14.9. The molecule has 2 N–H and O–H groups in total. The monoisotopic (exact) mass is 436 g/mol. The number of fused-ring (bicyclic) bond motifs is 1. The molecule has 178 valence electrons. The van der Waals surface area contributed by atoms with Gasteiger partial charge in [0.05, 0.1) is 0 Å². The molecule has 1 heterocycles. The quantitative estimate of drug-likeness (QED) is 0.483. The second-order valence-corrected chi connectivity index (χ2v) is 11.1. The molecule has 0 bridgehead atoms. The lowest BCUT2D eigenvalue weighted by Gasteiger charge is -2.34. The molecule has 4 rings (SSSR count). The summed E-state index contributed by atoms with van der Waals surface area (Å²) in [5, 5.41) is 5.35. The van der Waals surface area contributed by atoms with Gasteiger partial charge in [0.15, 0.2) is 0 Å². The molecule has 2 fully saturated rings. The molecule has 2 aliphatic rings. The third-order valence-corrected chi connectivity index (χ3v) is 8.79. The van der Waals surface area contributed by atoms with Crippen molar-refractivity contribution in [1.29, 1.82) is 0 Å². The Morgan fingerprint density at radius 2 is 1.47 bits per heavy atom. The van der Waals surface area contributed by atoms with Gasteiger partial charge in [-0.15, -0.1) is 0 Å². The first-order valence-corrected chi connectivity index (χ1v) is 14.1. The number of para-hydroxylation sites is 1. The summed E-state index contributed by atoms with van der Waals surface area (Å²) in [6.07, 6.45) is 25.3. The van der Waals surface area contributed by atoms with E-state index in [0.717, 1.165) is 36.8 Å². The van der Waals surface area contributed by atoms with Gasteiger partial charge in [-0.2, -0.15) is 0 Å². The van der Waals surface area contributed by atoms with Crippen molar-refractivity contribution in [1.82, 2.24) is 10.3 Å². The van der Waals surface area contributed by atoms with Crippen LogP contribution in [-0.4, -0.2) is 17.6 Å². The molecule has 3 unspecified atom stereocenters. The zero-order chi connectivity index (χ0) is 22.0. The van der Waals surface area contributed by atoms with Crippen molar-refractivity contribution in [2.24, 2.45) is 17.8 Å². The maximum atomic E-state index is 3.96. The Kier molecular flexibility index (Phi) is 9.56. The summed E-state index contributed by atoms with van der Waals surface area (Å²) in [4.78, 5) is 3.43. The number of hydrogen-bond acceptors (Lipinski definition) is 1. The molecule has 2 aromatic rings. The van der Waals surface area contributed by atoms with Gasteiger partial charge in [-0.25, -0.2) is 0 Å². The van der Waals surface area contributed by atoms with E-state index in [4.69, 9.17) is 0 Å². The van der Waals surface area contributed by atoms with E-state index in [-0.39, 0.29) is 0 Å². The lowest BCUT2D eigenvalue weighted by molar-refractivity contribution is 0.174. The second-order valence-electron chi connectivity index (χ2n) is 11.1. The van der Waals surface area contributed by atoms with E-state index in [0.29, 0.717) is 0 Å². The molecular weight excluding hydrogens is 388 g/mol. The number of rotatable bonds is 5. The molecule has 0 spiro atoms. The number of nitrogens with one attached hydrogen (secondary N) is 2. The SMILES string of the molecule is CC1CCCCC(NCCc2c[nH]c3ccccc23)CCCC1C1CCCCCCCC1. The van der Waals surface area contributed by atoms with Gasteiger partial charge in [0.1, 0.15) is 0 Å². The zero-order valence-corrected chi connectivity index (χ0v) is 20.7. The number of aromatic amines is 1. The number of hydrogen-bond donors (Lipinski definition) is 2. The van der Waals surface area contributed by atoms with Crippen molar-refractivity contribution in [2.45, 2.75) is 116 Å². The van der Waals surface area contributed by atoms with E-state index in [9.17, 15) is 0 Å². The molecule has 2 nitrogen and oxygen atoms in total. The van der Waals surface area contributed by atoms with Gasteiger partial charge in [-0.1, -0.05) is 102 Å². The smallest absolute Gasteiger partial charge is 0.0456 e. The number of H-pyrrole nitrogens is 1. The van der Waals surface area contributed by atoms with Gasteiger partial charge in [-0.05, 0) is 61.6 Å². The minimum atomic E-state index is 0.717. The van der Waals surface area contributed by atoms with E-state index in [1.54, 1.807) is 0 Å². The summed E-state index contributed by atoms with van der Waals surface area (Å²) in [5.41, 5.74) is 2.73. The lowest BCUT2D eigenvalue weighted by atomic mass is 9.72. The fourth-order valence-corrected chi connectivity index (χ4v) is 6.85. The molecule has 2 aliphatic carbocycles. The summed E-state index contributed by atoms with van der Waals surface area (Å²) in [5.74, 6) is 2.93. The molecule has 32 heavy (non-hydrogen) atoms. The molecule has 0 aliphatic heterocycles. The summed E-state index contributed by atoms with van der Waals surface area (Å²) >= 11 is 0. The summed E-state index contributed by atoms with van der Waals surface area (Å²) in [7, 11) is 0. The highest BCUT2D eigenvalue weighted by Crippen LogP contribution is 2.38. The van der Waals surface area contributed by atoms with Gasteiger partial charge in [0.25, 0.3) is 0 Å². The Hall–Kier alpha value is -1.28. The third-order valence-electron chi connectivity index (χ3n) is 8.79. The van der Waals surface area contributed by atoms with Crippen LogP contribution in [0.25, 0.3) is 10.9 Å². The zero-order valence-electron chi connectivity index (χ0n) is 20.7. The van der Waals surface area contributed by atoms with Crippen LogP contribution >= 0.6 is 0 Å². The van der Waals surface area contributed by atoms with Crippen LogP contribution in [-0.2, 0) is 6.42 Å². The van der Waals surface area contributed by atoms with Crippen molar-refractivity contribution in [3.63, 3.8) is 0 Å². The van der Waals surface area contributed by atoms with Crippen molar-refractivity contribution < 1.29 is 0 Å².